The van der Waals surface area contributed by atoms with Gasteiger partial charge in [-0.15, -0.1) is 0 Å². The second-order valence-corrected chi connectivity index (χ2v) is 6.39. The predicted octanol–water partition coefficient (Wildman–Crippen LogP) is 0.800. The molecule has 0 bridgehead atoms. The molecule has 0 aliphatic carbocycles. The summed E-state index contributed by atoms with van der Waals surface area (Å²) in [5.41, 5.74) is 1.10. The van der Waals surface area contributed by atoms with E-state index in [9.17, 15) is 4.79 Å². The molecule has 2 fully saturated rings. The Kier molecular flexibility index (Phi) is 4.59. The molecular formula is C16H24N4O2. The summed E-state index contributed by atoms with van der Waals surface area (Å²) in [6, 6.07) is 5.99. The topological polar surface area (TPSA) is 57.7 Å². The molecule has 0 saturated carbocycles. The maximum Gasteiger partial charge on any atom is 0.316 e. The number of rotatable bonds is 4. The Bertz CT molecular complexity index is 508. The molecule has 3 atom stereocenters. The Morgan fingerprint density at radius 1 is 1.45 bits per heavy atom. The van der Waals surface area contributed by atoms with Crippen molar-refractivity contribution in [2.24, 2.45) is 11.8 Å². The molecule has 6 nitrogen and oxygen atoms in total. The van der Waals surface area contributed by atoms with Gasteiger partial charge in [0.1, 0.15) is 0 Å². The van der Waals surface area contributed by atoms with Crippen LogP contribution in [0.3, 0.4) is 0 Å². The lowest BCUT2D eigenvalue weighted by Gasteiger charge is -2.20. The van der Waals surface area contributed by atoms with Crippen LogP contribution in [0.5, 0.6) is 0 Å². The van der Waals surface area contributed by atoms with Gasteiger partial charge in [0.2, 0.25) is 0 Å². The minimum absolute atomic E-state index is 0.0354. The van der Waals surface area contributed by atoms with Crippen LogP contribution in [0.1, 0.15) is 5.69 Å². The predicted molar refractivity (Wildman–Crippen MR) is 83.3 cm³/mol. The third-order valence-electron chi connectivity index (χ3n) is 4.55. The minimum Gasteiger partial charge on any atom is -0.376 e. The Hall–Kier alpha value is -1.66. The minimum atomic E-state index is -0.0354. The summed E-state index contributed by atoms with van der Waals surface area (Å²) in [7, 11) is 3.51. The highest BCUT2D eigenvalue weighted by Crippen LogP contribution is 2.33. The standard InChI is InChI=1S/C16H24N4O2/c1-19(2)16(21)18-7-12-11-22-15-10-20(9-14(12)15)8-13-5-3-4-6-17-13/h3-6,12,14-15H,7-11H2,1-2H3,(H,18,21)/t12-,14-,15-/m1/s1. The number of carbonyl (C=O) groups is 1. The Morgan fingerprint density at radius 2 is 2.32 bits per heavy atom. The number of urea groups is 1. The molecular weight excluding hydrogens is 280 g/mol. The second kappa shape index (κ2) is 6.62. The number of pyridine rings is 1. The number of carbonyl (C=O) groups excluding carboxylic acids is 1. The van der Waals surface area contributed by atoms with Gasteiger partial charge < -0.3 is 15.0 Å². The first-order chi connectivity index (χ1) is 10.6. The van der Waals surface area contributed by atoms with Crippen molar-refractivity contribution in [3.05, 3.63) is 30.1 Å². The molecule has 120 valence electrons. The van der Waals surface area contributed by atoms with Gasteiger partial charge in [0, 0.05) is 58.3 Å². The zero-order valence-electron chi connectivity index (χ0n) is 13.2. The van der Waals surface area contributed by atoms with Crippen LogP contribution in [-0.2, 0) is 11.3 Å². The smallest absolute Gasteiger partial charge is 0.316 e. The first kappa shape index (κ1) is 15.2. The summed E-state index contributed by atoms with van der Waals surface area (Å²) in [5, 5.41) is 2.98. The maximum absolute atomic E-state index is 11.7. The molecule has 1 aromatic heterocycles. The van der Waals surface area contributed by atoms with Crippen LogP contribution in [0.4, 0.5) is 4.79 Å². The van der Waals surface area contributed by atoms with Gasteiger partial charge >= 0.3 is 6.03 Å². The van der Waals surface area contributed by atoms with Gasteiger partial charge in [-0.25, -0.2) is 4.79 Å². The highest BCUT2D eigenvalue weighted by atomic mass is 16.5. The highest BCUT2D eigenvalue weighted by molar-refractivity contribution is 5.73. The average molecular weight is 304 g/mol. The molecule has 0 radical (unpaired) electrons. The van der Waals surface area contributed by atoms with Gasteiger partial charge in [-0.2, -0.15) is 0 Å². The quantitative estimate of drug-likeness (QED) is 0.894. The Morgan fingerprint density at radius 3 is 3.05 bits per heavy atom. The Balaban J connectivity index is 1.51. The van der Waals surface area contributed by atoms with Crippen LogP contribution in [0, 0.1) is 11.8 Å². The van der Waals surface area contributed by atoms with Gasteiger partial charge in [0.25, 0.3) is 0 Å². The number of likely N-dealkylation sites (tertiary alicyclic amines) is 1. The van der Waals surface area contributed by atoms with Crippen LogP contribution in [0.15, 0.2) is 24.4 Å². The SMILES string of the molecule is CN(C)C(=O)NC[C@@H]1CO[C@@H]2CN(Cc3ccccn3)C[C@H]12. The molecule has 3 heterocycles. The molecule has 6 heteroatoms. The summed E-state index contributed by atoms with van der Waals surface area (Å²) in [6.07, 6.45) is 2.13. The fourth-order valence-electron chi connectivity index (χ4n) is 3.32. The molecule has 3 rings (SSSR count). The van der Waals surface area contributed by atoms with E-state index < -0.39 is 0 Å². The third-order valence-corrected chi connectivity index (χ3v) is 4.55. The first-order valence-electron chi connectivity index (χ1n) is 7.82. The summed E-state index contributed by atoms with van der Waals surface area (Å²) in [5.74, 6) is 0.911. The zero-order chi connectivity index (χ0) is 15.5. The van der Waals surface area contributed by atoms with E-state index in [0.29, 0.717) is 24.5 Å². The van der Waals surface area contributed by atoms with E-state index in [0.717, 1.165) is 31.9 Å². The number of fused-ring (bicyclic) bond motifs is 1. The molecule has 1 N–H and O–H groups in total. The fourth-order valence-corrected chi connectivity index (χ4v) is 3.32. The lowest BCUT2D eigenvalue weighted by Crippen LogP contribution is -2.39. The van der Waals surface area contributed by atoms with Crippen molar-refractivity contribution >= 4 is 6.03 Å². The van der Waals surface area contributed by atoms with E-state index in [2.05, 4.69) is 21.3 Å². The molecule has 2 amide bonds. The van der Waals surface area contributed by atoms with Crippen molar-refractivity contribution in [1.82, 2.24) is 20.1 Å². The Labute approximate surface area is 131 Å². The van der Waals surface area contributed by atoms with Crippen molar-refractivity contribution in [2.45, 2.75) is 12.6 Å². The maximum atomic E-state index is 11.7. The van der Waals surface area contributed by atoms with Crippen molar-refractivity contribution in [3.63, 3.8) is 0 Å². The summed E-state index contributed by atoms with van der Waals surface area (Å²) >= 11 is 0. The molecule has 0 spiro atoms. The number of ether oxygens (including phenoxy) is 1. The van der Waals surface area contributed by atoms with E-state index in [1.807, 2.05) is 18.3 Å². The van der Waals surface area contributed by atoms with Crippen LogP contribution >= 0.6 is 0 Å². The molecule has 0 unspecified atom stereocenters. The van der Waals surface area contributed by atoms with E-state index in [1.165, 1.54) is 0 Å². The molecule has 2 saturated heterocycles. The molecule has 2 aliphatic rings. The van der Waals surface area contributed by atoms with E-state index >= 15 is 0 Å². The van der Waals surface area contributed by atoms with E-state index in [-0.39, 0.29) is 6.03 Å². The van der Waals surface area contributed by atoms with Gasteiger partial charge in [0.05, 0.1) is 18.4 Å². The van der Waals surface area contributed by atoms with Crippen molar-refractivity contribution in [3.8, 4) is 0 Å². The van der Waals surface area contributed by atoms with Crippen LogP contribution in [-0.4, -0.2) is 67.3 Å². The molecule has 2 aliphatic heterocycles. The number of aromatic nitrogens is 1. The number of nitrogens with one attached hydrogen (secondary N) is 1. The largest absolute Gasteiger partial charge is 0.376 e. The second-order valence-electron chi connectivity index (χ2n) is 6.39. The van der Waals surface area contributed by atoms with E-state index in [4.69, 9.17) is 4.74 Å². The summed E-state index contributed by atoms with van der Waals surface area (Å²) < 4.78 is 5.92. The molecule has 0 aromatic carbocycles. The molecule has 1 aromatic rings. The van der Waals surface area contributed by atoms with Gasteiger partial charge in [0.15, 0.2) is 0 Å². The van der Waals surface area contributed by atoms with E-state index in [1.54, 1.807) is 19.0 Å². The van der Waals surface area contributed by atoms with Crippen LogP contribution < -0.4 is 5.32 Å². The first-order valence-corrected chi connectivity index (χ1v) is 7.82. The monoisotopic (exact) mass is 304 g/mol. The fraction of sp³-hybridized carbons (Fsp3) is 0.625. The normalized spacial score (nSPS) is 27.6. The number of nitrogens with zero attached hydrogens (tertiary/aromatic N) is 3. The van der Waals surface area contributed by atoms with Crippen molar-refractivity contribution in [1.29, 1.82) is 0 Å². The van der Waals surface area contributed by atoms with Gasteiger partial charge in [-0.1, -0.05) is 6.07 Å². The number of hydrogen-bond acceptors (Lipinski definition) is 4. The summed E-state index contributed by atoms with van der Waals surface area (Å²) in [6.45, 7) is 4.28. The zero-order valence-corrected chi connectivity index (χ0v) is 13.2. The number of amides is 2. The molecule has 22 heavy (non-hydrogen) atoms. The lowest BCUT2D eigenvalue weighted by atomic mass is 9.93. The van der Waals surface area contributed by atoms with Crippen molar-refractivity contribution in [2.75, 3.05) is 40.3 Å². The van der Waals surface area contributed by atoms with Crippen molar-refractivity contribution < 1.29 is 9.53 Å². The van der Waals surface area contributed by atoms with Crippen LogP contribution in [0.25, 0.3) is 0 Å². The lowest BCUT2D eigenvalue weighted by molar-refractivity contribution is 0.0938. The number of hydrogen-bond donors (Lipinski definition) is 1. The van der Waals surface area contributed by atoms with Gasteiger partial charge in [-0.3, -0.25) is 9.88 Å². The summed E-state index contributed by atoms with van der Waals surface area (Å²) in [4.78, 5) is 20.0. The third kappa shape index (κ3) is 3.39. The van der Waals surface area contributed by atoms with Gasteiger partial charge in [-0.05, 0) is 12.1 Å². The average Bonchev–Trinajstić information content (AvgIpc) is 3.06. The highest BCUT2D eigenvalue weighted by Gasteiger charge is 2.43. The van der Waals surface area contributed by atoms with Crippen LogP contribution in [0.2, 0.25) is 0 Å².